The Kier molecular flexibility index (Phi) is 7.61. The van der Waals surface area contributed by atoms with Gasteiger partial charge in [0.1, 0.15) is 11.3 Å². The zero-order valence-electron chi connectivity index (χ0n) is 21.6. The highest BCUT2D eigenvalue weighted by Crippen LogP contribution is 2.34. The Labute approximate surface area is 227 Å². The molecule has 2 saturated heterocycles. The van der Waals surface area contributed by atoms with E-state index >= 15 is 0 Å². The minimum atomic E-state index is -0.703. The number of piperidine rings is 1. The first-order chi connectivity index (χ1) is 17.7. The molecule has 5 rings (SSSR count). The summed E-state index contributed by atoms with van der Waals surface area (Å²) >= 11 is 12.6. The maximum absolute atomic E-state index is 11.1. The summed E-state index contributed by atoms with van der Waals surface area (Å²) in [5.41, 5.74) is 3.30. The largest absolute Gasteiger partial charge is 0.481 e. The van der Waals surface area contributed by atoms with Crippen LogP contribution in [0.3, 0.4) is 0 Å². The summed E-state index contributed by atoms with van der Waals surface area (Å²) in [6, 6.07) is 6.55. The number of carboxylic acid groups (broad SMARTS) is 1. The van der Waals surface area contributed by atoms with Crippen LogP contribution in [-0.2, 0) is 4.79 Å². The minimum absolute atomic E-state index is 0.133. The van der Waals surface area contributed by atoms with Crippen molar-refractivity contribution in [2.75, 3.05) is 18.0 Å². The summed E-state index contributed by atoms with van der Waals surface area (Å²) in [5.74, 6) is 0.156. The first-order valence-electron chi connectivity index (χ1n) is 13.1. The second kappa shape index (κ2) is 10.8. The molecular weight excluding hydrogens is 511 g/mol. The van der Waals surface area contributed by atoms with E-state index in [9.17, 15) is 4.79 Å². The van der Waals surface area contributed by atoms with E-state index in [0.29, 0.717) is 28.2 Å². The van der Waals surface area contributed by atoms with Crippen LogP contribution in [0.4, 0.5) is 5.82 Å². The normalized spacial score (nSPS) is 23.6. The van der Waals surface area contributed by atoms with Gasteiger partial charge in [-0.15, -0.1) is 0 Å². The molecule has 1 aromatic carbocycles. The average molecular weight is 546 g/mol. The summed E-state index contributed by atoms with van der Waals surface area (Å²) in [6.07, 6.45) is 7.16. The number of hydrogen-bond donors (Lipinski definition) is 1. The van der Waals surface area contributed by atoms with Crippen LogP contribution in [0.25, 0.3) is 11.2 Å². The van der Waals surface area contributed by atoms with E-state index in [2.05, 4.69) is 23.6 Å². The molecule has 0 spiro atoms. The monoisotopic (exact) mass is 544 g/mol. The molecule has 2 aromatic heterocycles. The predicted molar refractivity (Wildman–Crippen MR) is 147 cm³/mol. The fourth-order valence-corrected chi connectivity index (χ4v) is 6.72. The molecule has 37 heavy (non-hydrogen) atoms. The molecule has 4 atom stereocenters. The van der Waals surface area contributed by atoms with E-state index in [0.717, 1.165) is 73.4 Å². The van der Waals surface area contributed by atoms with Crippen molar-refractivity contribution in [3.05, 3.63) is 45.7 Å². The maximum Gasteiger partial charge on any atom is 0.303 e. The van der Waals surface area contributed by atoms with Gasteiger partial charge in [0.05, 0.1) is 17.9 Å². The Morgan fingerprint density at radius 1 is 1.24 bits per heavy atom. The van der Waals surface area contributed by atoms with Crippen LogP contribution in [0.15, 0.2) is 24.4 Å². The van der Waals surface area contributed by atoms with Gasteiger partial charge in [0.25, 0.3) is 0 Å². The lowest BCUT2D eigenvalue weighted by Crippen LogP contribution is -2.50. The number of anilines is 1. The highest BCUT2D eigenvalue weighted by Gasteiger charge is 2.36. The number of aryl methyl sites for hydroxylation is 1. The van der Waals surface area contributed by atoms with Crippen molar-refractivity contribution in [1.29, 1.82) is 0 Å². The number of carboxylic acids is 1. The molecule has 2 fully saturated rings. The van der Waals surface area contributed by atoms with E-state index in [1.807, 2.05) is 29.9 Å². The standard InChI is InChI=1S/C27H34Cl2N6O2/c1-16-13-21(34-11-4-5-20(34)7-9-25(36)37)10-12-33(16)24-15-30-26-17(2)32-35(27(26)31-24)18(3)22-8-6-19(28)14-23(22)29/h6,8,14-16,18,20-21H,4-5,7,9-13H2,1-3H3,(H,36,37). The van der Waals surface area contributed by atoms with E-state index in [-0.39, 0.29) is 12.5 Å². The number of fused-ring (bicyclic) bond motifs is 1. The first-order valence-corrected chi connectivity index (χ1v) is 13.9. The molecule has 3 aromatic rings. The lowest BCUT2D eigenvalue weighted by atomic mass is 9.95. The molecule has 0 saturated carbocycles. The molecule has 0 bridgehead atoms. The van der Waals surface area contributed by atoms with Gasteiger partial charge in [0, 0.05) is 41.1 Å². The van der Waals surface area contributed by atoms with Crippen LogP contribution in [0, 0.1) is 6.92 Å². The summed E-state index contributed by atoms with van der Waals surface area (Å²) in [4.78, 5) is 25.9. The van der Waals surface area contributed by atoms with Crippen molar-refractivity contribution in [2.45, 2.75) is 83.5 Å². The molecule has 2 aliphatic rings. The summed E-state index contributed by atoms with van der Waals surface area (Å²) in [7, 11) is 0. The smallest absolute Gasteiger partial charge is 0.303 e. The van der Waals surface area contributed by atoms with Gasteiger partial charge in [-0.05, 0) is 77.1 Å². The van der Waals surface area contributed by atoms with Gasteiger partial charge in [-0.2, -0.15) is 5.10 Å². The van der Waals surface area contributed by atoms with Gasteiger partial charge in [-0.3, -0.25) is 9.69 Å². The number of rotatable bonds is 7. The number of benzene rings is 1. The lowest BCUT2D eigenvalue weighted by Gasteiger charge is -2.43. The molecule has 2 aliphatic heterocycles. The number of aromatic nitrogens is 4. The molecule has 4 heterocycles. The number of carbonyl (C=O) groups is 1. The summed E-state index contributed by atoms with van der Waals surface area (Å²) in [6.45, 7) is 8.21. The number of nitrogens with zero attached hydrogens (tertiary/aromatic N) is 6. The Hall–Kier alpha value is -2.42. The Morgan fingerprint density at radius 3 is 2.78 bits per heavy atom. The van der Waals surface area contributed by atoms with Crippen molar-refractivity contribution in [3.63, 3.8) is 0 Å². The topological polar surface area (TPSA) is 87.4 Å². The van der Waals surface area contributed by atoms with Crippen molar-refractivity contribution in [1.82, 2.24) is 24.6 Å². The Balaban J connectivity index is 1.36. The fraction of sp³-hybridized carbons (Fsp3) is 0.556. The second-order valence-electron chi connectivity index (χ2n) is 10.5. The Morgan fingerprint density at radius 2 is 2.05 bits per heavy atom. The third-order valence-electron chi connectivity index (χ3n) is 8.06. The molecule has 10 heteroatoms. The van der Waals surface area contributed by atoms with Gasteiger partial charge >= 0.3 is 5.97 Å². The number of likely N-dealkylation sites (tertiary alicyclic amines) is 1. The fourth-order valence-electron chi connectivity index (χ4n) is 6.15. The zero-order chi connectivity index (χ0) is 26.3. The van der Waals surface area contributed by atoms with Crippen LogP contribution < -0.4 is 4.90 Å². The van der Waals surface area contributed by atoms with Crippen molar-refractivity contribution in [3.8, 4) is 0 Å². The third-order valence-corrected chi connectivity index (χ3v) is 8.63. The summed E-state index contributed by atoms with van der Waals surface area (Å²) in [5, 5.41) is 15.1. The number of hydrogen-bond acceptors (Lipinski definition) is 6. The molecule has 0 amide bonds. The van der Waals surface area contributed by atoms with Crippen LogP contribution in [0.2, 0.25) is 10.0 Å². The zero-order valence-corrected chi connectivity index (χ0v) is 23.1. The average Bonchev–Trinajstić information content (AvgIpc) is 3.46. The van der Waals surface area contributed by atoms with E-state index in [1.165, 1.54) is 0 Å². The highest BCUT2D eigenvalue weighted by atomic mass is 35.5. The third kappa shape index (κ3) is 5.29. The van der Waals surface area contributed by atoms with Crippen molar-refractivity contribution < 1.29 is 9.90 Å². The first kappa shape index (κ1) is 26.2. The summed E-state index contributed by atoms with van der Waals surface area (Å²) < 4.78 is 1.91. The van der Waals surface area contributed by atoms with Gasteiger partial charge < -0.3 is 10.0 Å². The lowest BCUT2D eigenvalue weighted by molar-refractivity contribution is -0.137. The molecular formula is C27H34Cl2N6O2. The van der Waals surface area contributed by atoms with Gasteiger partial charge in [-0.1, -0.05) is 29.3 Å². The second-order valence-corrected chi connectivity index (χ2v) is 11.3. The highest BCUT2D eigenvalue weighted by molar-refractivity contribution is 6.35. The van der Waals surface area contributed by atoms with E-state index in [1.54, 1.807) is 6.07 Å². The van der Waals surface area contributed by atoms with Crippen LogP contribution in [0.5, 0.6) is 0 Å². The van der Waals surface area contributed by atoms with Crippen molar-refractivity contribution >= 4 is 46.2 Å². The SMILES string of the molecule is Cc1nn(C(C)c2ccc(Cl)cc2Cl)c2nc(N3CCC(N4CCCC4CCC(=O)O)CC3C)cnc12. The predicted octanol–water partition coefficient (Wildman–Crippen LogP) is 5.74. The molecule has 0 radical (unpaired) electrons. The molecule has 198 valence electrons. The molecule has 0 aliphatic carbocycles. The van der Waals surface area contributed by atoms with Gasteiger partial charge in [0.2, 0.25) is 0 Å². The number of aliphatic carboxylic acids is 1. The quantitative estimate of drug-likeness (QED) is 0.405. The van der Waals surface area contributed by atoms with Crippen LogP contribution >= 0.6 is 23.2 Å². The minimum Gasteiger partial charge on any atom is -0.481 e. The van der Waals surface area contributed by atoms with Crippen molar-refractivity contribution in [2.24, 2.45) is 0 Å². The van der Waals surface area contributed by atoms with Crippen LogP contribution in [0.1, 0.15) is 69.7 Å². The molecule has 4 unspecified atom stereocenters. The van der Waals surface area contributed by atoms with E-state index in [4.69, 9.17) is 43.4 Å². The van der Waals surface area contributed by atoms with Gasteiger partial charge in [-0.25, -0.2) is 14.6 Å². The van der Waals surface area contributed by atoms with Gasteiger partial charge in [0.15, 0.2) is 5.65 Å². The molecule has 1 N–H and O–H groups in total. The Bertz CT molecular complexity index is 1300. The molecule has 8 nitrogen and oxygen atoms in total. The van der Waals surface area contributed by atoms with E-state index < -0.39 is 5.97 Å². The maximum atomic E-state index is 11.1. The number of halogens is 2. The van der Waals surface area contributed by atoms with Crippen LogP contribution in [-0.4, -0.2) is 66.9 Å².